The maximum Gasteiger partial charge on any atom is 0.0729 e. The topological polar surface area (TPSA) is 39.7 Å². The largest absolute Gasteiger partial charge is 0.382 e. The maximum atomic E-state index is 5.98. The molecule has 1 fully saturated rings. The van der Waals surface area contributed by atoms with E-state index in [1.54, 1.807) is 7.11 Å². The molecule has 0 spiro atoms. The highest BCUT2D eigenvalue weighted by Crippen LogP contribution is 2.20. The van der Waals surface area contributed by atoms with Crippen LogP contribution in [-0.2, 0) is 14.2 Å². The van der Waals surface area contributed by atoms with Crippen LogP contribution in [0.15, 0.2) is 0 Å². The van der Waals surface area contributed by atoms with Crippen molar-refractivity contribution in [3.8, 4) is 0 Å². The lowest BCUT2D eigenvalue weighted by molar-refractivity contribution is -0.0216. The fourth-order valence-corrected chi connectivity index (χ4v) is 2.47. The second-order valence-electron chi connectivity index (χ2n) is 4.82. The van der Waals surface area contributed by atoms with Crippen LogP contribution < -0.4 is 5.32 Å². The van der Waals surface area contributed by atoms with Gasteiger partial charge in [0.25, 0.3) is 0 Å². The van der Waals surface area contributed by atoms with E-state index >= 15 is 0 Å². The molecule has 0 aromatic carbocycles. The summed E-state index contributed by atoms with van der Waals surface area (Å²) >= 11 is 0. The van der Waals surface area contributed by atoms with E-state index < -0.39 is 0 Å². The van der Waals surface area contributed by atoms with E-state index in [2.05, 4.69) is 12.2 Å². The summed E-state index contributed by atoms with van der Waals surface area (Å²) in [7, 11) is 1.69. The molecule has 0 saturated heterocycles. The van der Waals surface area contributed by atoms with Gasteiger partial charge in [0.2, 0.25) is 0 Å². The molecule has 0 aliphatic heterocycles. The van der Waals surface area contributed by atoms with Crippen LogP contribution in [0.4, 0.5) is 0 Å². The Labute approximate surface area is 111 Å². The molecule has 18 heavy (non-hydrogen) atoms. The van der Waals surface area contributed by atoms with Gasteiger partial charge in [-0.2, -0.15) is 0 Å². The van der Waals surface area contributed by atoms with Crippen LogP contribution in [0.2, 0.25) is 0 Å². The molecular weight excluding hydrogens is 230 g/mol. The molecule has 1 saturated carbocycles. The van der Waals surface area contributed by atoms with E-state index in [0.717, 1.165) is 6.54 Å². The average Bonchev–Trinajstić information content (AvgIpc) is 2.60. The van der Waals surface area contributed by atoms with Crippen molar-refractivity contribution < 1.29 is 14.2 Å². The van der Waals surface area contributed by atoms with Crippen molar-refractivity contribution in [3.05, 3.63) is 0 Å². The van der Waals surface area contributed by atoms with Crippen molar-refractivity contribution in [2.75, 3.05) is 40.1 Å². The molecule has 4 heteroatoms. The highest BCUT2D eigenvalue weighted by atomic mass is 16.5. The number of ether oxygens (including phenoxy) is 3. The Balaban J connectivity index is 2.15. The van der Waals surface area contributed by atoms with Gasteiger partial charge in [-0.3, -0.25) is 0 Å². The van der Waals surface area contributed by atoms with Gasteiger partial charge in [0.15, 0.2) is 0 Å². The lowest BCUT2D eigenvalue weighted by Gasteiger charge is -2.26. The van der Waals surface area contributed by atoms with Crippen LogP contribution in [0, 0.1) is 0 Å². The van der Waals surface area contributed by atoms with Crippen LogP contribution in [0.1, 0.15) is 39.0 Å². The second-order valence-corrected chi connectivity index (χ2v) is 4.82. The Kier molecular flexibility index (Phi) is 9.48. The quantitative estimate of drug-likeness (QED) is 0.508. The average molecular weight is 259 g/mol. The maximum absolute atomic E-state index is 5.98. The summed E-state index contributed by atoms with van der Waals surface area (Å²) in [6.07, 6.45) is 6.72. The SMILES string of the molecule is CCNC1CCCCCC1OCCOCCOC. The molecule has 0 heterocycles. The predicted molar refractivity (Wildman–Crippen MR) is 73.0 cm³/mol. The molecule has 1 aliphatic rings. The Morgan fingerprint density at radius 2 is 1.78 bits per heavy atom. The van der Waals surface area contributed by atoms with Crippen LogP contribution in [-0.4, -0.2) is 52.2 Å². The molecule has 0 amide bonds. The molecule has 108 valence electrons. The van der Waals surface area contributed by atoms with Gasteiger partial charge >= 0.3 is 0 Å². The van der Waals surface area contributed by atoms with Crippen molar-refractivity contribution in [3.63, 3.8) is 0 Å². The molecule has 0 bridgehead atoms. The molecule has 0 aromatic rings. The van der Waals surface area contributed by atoms with Crippen LogP contribution in [0.3, 0.4) is 0 Å². The van der Waals surface area contributed by atoms with Gasteiger partial charge in [0.1, 0.15) is 0 Å². The lowest BCUT2D eigenvalue weighted by Crippen LogP contribution is -2.41. The first kappa shape index (κ1) is 15.9. The van der Waals surface area contributed by atoms with Crippen LogP contribution in [0.25, 0.3) is 0 Å². The highest BCUT2D eigenvalue weighted by Gasteiger charge is 2.23. The van der Waals surface area contributed by atoms with E-state index in [1.807, 2.05) is 0 Å². The molecular formula is C14H29NO3. The van der Waals surface area contributed by atoms with Crippen molar-refractivity contribution in [2.24, 2.45) is 0 Å². The molecule has 4 nitrogen and oxygen atoms in total. The van der Waals surface area contributed by atoms with Crippen LogP contribution >= 0.6 is 0 Å². The van der Waals surface area contributed by atoms with Gasteiger partial charge < -0.3 is 19.5 Å². The summed E-state index contributed by atoms with van der Waals surface area (Å²) in [6.45, 7) is 5.85. The highest BCUT2D eigenvalue weighted by molar-refractivity contribution is 4.79. The Morgan fingerprint density at radius 3 is 2.56 bits per heavy atom. The summed E-state index contributed by atoms with van der Waals surface area (Å²) in [4.78, 5) is 0. The van der Waals surface area contributed by atoms with Gasteiger partial charge in [-0.15, -0.1) is 0 Å². The molecule has 1 rings (SSSR count). The summed E-state index contributed by atoms with van der Waals surface area (Å²) in [6, 6.07) is 0.525. The third kappa shape index (κ3) is 6.69. The molecule has 2 unspecified atom stereocenters. The third-order valence-corrected chi connectivity index (χ3v) is 3.41. The second kappa shape index (κ2) is 10.7. The Hall–Kier alpha value is -0.160. The molecule has 1 aliphatic carbocycles. The monoisotopic (exact) mass is 259 g/mol. The number of hydrogen-bond donors (Lipinski definition) is 1. The minimum Gasteiger partial charge on any atom is -0.382 e. The van der Waals surface area contributed by atoms with E-state index in [1.165, 1.54) is 32.1 Å². The van der Waals surface area contributed by atoms with Gasteiger partial charge in [0, 0.05) is 13.2 Å². The van der Waals surface area contributed by atoms with Gasteiger partial charge in [-0.1, -0.05) is 26.2 Å². The number of nitrogens with one attached hydrogen (secondary N) is 1. The van der Waals surface area contributed by atoms with Crippen LogP contribution in [0.5, 0.6) is 0 Å². The minimum atomic E-state index is 0.360. The first-order valence-corrected chi connectivity index (χ1v) is 7.30. The molecule has 2 atom stereocenters. The molecule has 0 radical (unpaired) electrons. The van der Waals surface area contributed by atoms with E-state index in [0.29, 0.717) is 38.6 Å². The third-order valence-electron chi connectivity index (χ3n) is 3.41. The number of likely N-dealkylation sites (N-methyl/N-ethyl adjacent to an activating group) is 1. The van der Waals surface area contributed by atoms with Gasteiger partial charge in [0.05, 0.1) is 32.5 Å². The first-order chi connectivity index (χ1) is 8.88. The zero-order valence-corrected chi connectivity index (χ0v) is 12.0. The molecule has 0 aromatic heterocycles. The zero-order valence-electron chi connectivity index (χ0n) is 12.0. The standard InChI is InChI=1S/C14H29NO3/c1-3-15-13-7-5-4-6-8-14(13)18-12-11-17-10-9-16-2/h13-15H,3-12H2,1-2H3. The molecule has 1 N–H and O–H groups in total. The Morgan fingerprint density at radius 1 is 1.00 bits per heavy atom. The summed E-state index contributed by atoms with van der Waals surface area (Å²) in [5.74, 6) is 0. The fraction of sp³-hybridized carbons (Fsp3) is 1.00. The van der Waals surface area contributed by atoms with Crippen molar-refractivity contribution >= 4 is 0 Å². The summed E-state index contributed by atoms with van der Waals surface area (Å²) in [5.41, 5.74) is 0. The zero-order chi connectivity index (χ0) is 13.1. The predicted octanol–water partition coefficient (Wildman–Crippen LogP) is 1.98. The van der Waals surface area contributed by atoms with E-state index in [4.69, 9.17) is 14.2 Å². The number of methoxy groups -OCH3 is 1. The Bertz CT molecular complexity index is 190. The summed E-state index contributed by atoms with van der Waals surface area (Å²) < 4.78 is 16.3. The normalized spacial score (nSPS) is 25.0. The number of rotatable bonds is 9. The fourth-order valence-electron chi connectivity index (χ4n) is 2.47. The van der Waals surface area contributed by atoms with Gasteiger partial charge in [-0.25, -0.2) is 0 Å². The van der Waals surface area contributed by atoms with Crippen molar-refractivity contribution in [1.29, 1.82) is 0 Å². The minimum absolute atomic E-state index is 0.360. The van der Waals surface area contributed by atoms with E-state index in [9.17, 15) is 0 Å². The number of hydrogen-bond acceptors (Lipinski definition) is 4. The van der Waals surface area contributed by atoms with Crippen molar-refractivity contribution in [2.45, 2.75) is 51.2 Å². The summed E-state index contributed by atoms with van der Waals surface area (Å²) in [5, 5.41) is 3.55. The first-order valence-electron chi connectivity index (χ1n) is 7.30. The van der Waals surface area contributed by atoms with E-state index in [-0.39, 0.29) is 0 Å². The van der Waals surface area contributed by atoms with Gasteiger partial charge in [-0.05, 0) is 19.4 Å². The van der Waals surface area contributed by atoms with Crippen molar-refractivity contribution in [1.82, 2.24) is 5.32 Å². The lowest BCUT2D eigenvalue weighted by atomic mass is 10.1. The smallest absolute Gasteiger partial charge is 0.0729 e.